The summed E-state index contributed by atoms with van der Waals surface area (Å²) in [4.78, 5) is 16.9. The number of nitrogens with zero attached hydrogens (tertiary/aromatic N) is 1. The van der Waals surface area contributed by atoms with Crippen LogP contribution in [0.3, 0.4) is 0 Å². The third kappa shape index (κ3) is 4.78. The molecule has 1 aromatic heterocycles. The summed E-state index contributed by atoms with van der Waals surface area (Å²) in [6, 6.07) is 10.6. The number of aromatic nitrogens is 1. The van der Waals surface area contributed by atoms with Crippen LogP contribution in [0.2, 0.25) is 5.02 Å². The van der Waals surface area contributed by atoms with Gasteiger partial charge in [0.1, 0.15) is 0 Å². The first-order valence-corrected chi connectivity index (χ1v) is 11.6. The topological polar surface area (TPSA) is 39.2 Å². The van der Waals surface area contributed by atoms with Gasteiger partial charge in [-0.3, -0.25) is 9.78 Å². The number of hydrogen-bond donors (Lipinski definition) is 0. The first kappa shape index (κ1) is 21.1. The van der Waals surface area contributed by atoms with E-state index in [9.17, 15) is 4.79 Å². The van der Waals surface area contributed by atoms with Gasteiger partial charge in [0, 0.05) is 23.2 Å². The van der Waals surface area contributed by atoms with Crippen LogP contribution >= 0.6 is 11.6 Å². The quantitative estimate of drug-likeness (QED) is 0.525. The van der Waals surface area contributed by atoms with Gasteiger partial charge in [-0.1, -0.05) is 35.7 Å². The van der Waals surface area contributed by atoms with Gasteiger partial charge in [0.05, 0.1) is 12.3 Å². The molecule has 4 heteroatoms. The molecule has 2 aliphatic carbocycles. The van der Waals surface area contributed by atoms with Crippen molar-refractivity contribution in [2.24, 2.45) is 5.92 Å². The van der Waals surface area contributed by atoms with E-state index in [0.717, 1.165) is 62.1 Å². The lowest BCUT2D eigenvalue weighted by Crippen LogP contribution is -2.14. The summed E-state index contributed by atoms with van der Waals surface area (Å²) in [6.45, 7) is 2.33. The number of carbonyl (C=O) groups excluding carboxylic acids is 1. The smallest absolute Gasteiger partial charge is 0.306 e. The Hall–Kier alpha value is -2.13. The number of allylic oxidation sites excluding steroid dienone is 1. The molecule has 3 nitrogen and oxygen atoms in total. The van der Waals surface area contributed by atoms with Crippen molar-refractivity contribution in [2.75, 3.05) is 6.61 Å². The Labute approximate surface area is 184 Å². The van der Waals surface area contributed by atoms with E-state index in [1.54, 1.807) is 0 Å². The zero-order valence-corrected chi connectivity index (χ0v) is 18.5. The minimum atomic E-state index is -0.0567. The number of esters is 1. The van der Waals surface area contributed by atoms with Gasteiger partial charge in [0.25, 0.3) is 0 Å². The zero-order chi connectivity index (χ0) is 20.9. The number of halogens is 1. The van der Waals surface area contributed by atoms with Gasteiger partial charge in [0.2, 0.25) is 0 Å². The van der Waals surface area contributed by atoms with Gasteiger partial charge in [-0.25, -0.2) is 0 Å². The number of pyridine rings is 1. The van der Waals surface area contributed by atoms with Gasteiger partial charge in [-0.15, -0.1) is 0 Å². The van der Waals surface area contributed by atoms with E-state index in [-0.39, 0.29) is 5.97 Å². The van der Waals surface area contributed by atoms with Gasteiger partial charge in [0.15, 0.2) is 0 Å². The molecule has 0 amide bonds. The molecule has 0 N–H and O–H groups in total. The second-order valence-electron chi connectivity index (χ2n) is 8.45. The molecule has 1 fully saturated rings. The molecule has 0 saturated heterocycles. The van der Waals surface area contributed by atoms with Crippen molar-refractivity contribution in [1.82, 2.24) is 4.98 Å². The molecule has 4 rings (SSSR count). The average Bonchev–Trinajstić information content (AvgIpc) is 2.87. The van der Waals surface area contributed by atoms with E-state index in [1.165, 1.54) is 27.8 Å². The second kappa shape index (κ2) is 9.78. The third-order valence-electron chi connectivity index (χ3n) is 6.44. The normalized spacial score (nSPS) is 21.6. The fourth-order valence-electron chi connectivity index (χ4n) is 4.96. The molecule has 1 saturated carbocycles. The Morgan fingerprint density at radius 1 is 1.10 bits per heavy atom. The number of hydrogen-bond acceptors (Lipinski definition) is 3. The van der Waals surface area contributed by atoms with Crippen LogP contribution in [0.1, 0.15) is 74.3 Å². The Morgan fingerprint density at radius 3 is 2.83 bits per heavy atom. The maximum absolute atomic E-state index is 12.0. The first-order valence-electron chi connectivity index (χ1n) is 11.3. The summed E-state index contributed by atoms with van der Waals surface area (Å²) in [5.74, 6) is 0.345. The van der Waals surface area contributed by atoms with E-state index in [4.69, 9.17) is 21.3 Å². The summed E-state index contributed by atoms with van der Waals surface area (Å²) >= 11 is 6.34. The van der Waals surface area contributed by atoms with Crippen LogP contribution in [0.25, 0.3) is 5.57 Å². The number of fused-ring (bicyclic) bond motifs is 2. The van der Waals surface area contributed by atoms with Crippen LogP contribution in [0.4, 0.5) is 0 Å². The number of rotatable bonds is 3. The molecule has 0 radical (unpaired) electrons. The predicted octanol–water partition coefficient (Wildman–Crippen LogP) is 6.56. The van der Waals surface area contributed by atoms with Crippen molar-refractivity contribution in [3.05, 3.63) is 69.5 Å². The largest absolute Gasteiger partial charge is 0.466 e. The van der Waals surface area contributed by atoms with Crippen molar-refractivity contribution in [3.63, 3.8) is 0 Å². The molecule has 1 aromatic carbocycles. The van der Waals surface area contributed by atoms with E-state index < -0.39 is 0 Å². The SMILES string of the molecule is CCOC(=O)CC1CCCC/C(=C2\c3ccc(Cl)cc3CCc3cccnc32)CC1. The Morgan fingerprint density at radius 2 is 1.97 bits per heavy atom. The van der Waals surface area contributed by atoms with Crippen LogP contribution < -0.4 is 0 Å². The lowest BCUT2D eigenvalue weighted by molar-refractivity contribution is -0.144. The number of aryl methyl sites for hydroxylation is 2. The van der Waals surface area contributed by atoms with Crippen LogP contribution in [0, 0.1) is 5.92 Å². The van der Waals surface area contributed by atoms with Crippen molar-refractivity contribution < 1.29 is 9.53 Å². The molecular formula is C26H30ClNO2. The van der Waals surface area contributed by atoms with Crippen molar-refractivity contribution in [3.8, 4) is 0 Å². The van der Waals surface area contributed by atoms with E-state index in [1.807, 2.05) is 25.3 Å². The summed E-state index contributed by atoms with van der Waals surface area (Å²) in [6.07, 6.45) is 11.0. The molecule has 158 valence electrons. The number of ether oxygens (including phenoxy) is 1. The van der Waals surface area contributed by atoms with Crippen molar-refractivity contribution in [2.45, 2.75) is 64.7 Å². The summed E-state index contributed by atoms with van der Waals surface area (Å²) in [5, 5.41) is 0.796. The van der Waals surface area contributed by atoms with E-state index >= 15 is 0 Å². The lowest BCUT2D eigenvalue weighted by Gasteiger charge is -2.23. The molecule has 30 heavy (non-hydrogen) atoms. The molecule has 2 aliphatic rings. The zero-order valence-electron chi connectivity index (χ0n) is 17.8. The molecule has 1 unspecified atom stereocenters. The summed E-state index contributed by atoms with van der Waals surface area (Å²) < 4.78 is 5.21. The van der Waals surface area contributed by atoms with Crippen LogP contribution in [-0.4, -0.2) is 17.6 Å². The standard InChI is InChI=1S/C26H30ClNO2/c1-2-30-24(29)16-18-6-3-4-7-19(10-9-18)25-23-14-13-22(27)17-21(23)12-11-20-8-5-15-28-26(20)25/h5,8,13-15,17-18H,2-4,6-7,9-12,16H2,1H3/b25-19-. The van der Waals surface area contributed by atoms with E-state index in [2.05, 4.69) is 18.2 Å². The van der Waals surface area contributed by atoms with Crippen molar-refractivity contribution in [1.29, 1.82) is 0 Å². The molecule has 1 atom stereocenters. The minimum Gasteiger partial charge on any atom is -0.466 e. The maximum atomic E-state index is 12.0. The van der Waals surface area contributed by atoms with Gasteiger partial charge >= 0.3 is 5.97 Å². The predicted molar refractivity (Wildman–Crippen MR) is 122 cm³/mol. The van der Waals surface area contributed by atoms with Crippen molar-refractivity contribution >= 4 is 23.1 Å². The minimum absolute atomic E-state index is 0.0567. The summed E-state index contributed by atoms with van der Waals surface area (Å²) in [7, 11) is 0. The molecule has 0 aliphatic heterocycles. The highest BCUT2D eigenvalue weighted by Gasteiger charge is 2.25. The molecule has 1 heterocycles. The molecule has 0 bridgehead atoms. The lowest BCUT2D eigenvalue weighted by atomic mass is 9.82. The third-order valence-corrected chi connectivity index (χ3v) is 6.67. The highest BCUT2D eigenvalue weighted by atomic mass is 35.5. The van der Waals surface area contributed by atoms with Crippen LogP contribution in [0.15, 0.2) is 42.1 Å². The van der Waals surface area contributed by atoms with Gasteiger partial charge in [-0.05, 0) is 92.7 Å². The Balaban J connectivity index is 1.72. The van der Waals surface area contributed by atoms with Gasteiger partial charge in [-0.2, -0.15) is 0 Å². The van der Waals surface area contributed by atoms with Crippen LogP contribution in [-0.2, 0) is 22.4 Å². The first-order chi connectivity index (χ1) is 14.7. The summed E-state index contributed by atoms with van der Waals surface area (Å²) in [5.41, 5.74) is 7.84. The molecular weight excluding hydrogens is 394 g/mol. The molecule has 0 spiro atoms. The maximum Gasteiger partial charge on any atom is 0.306 e. The molecule has 2 aromatic rings. The highest BCUT2D eigenvalue weighted by Crippen LogP contribution is 2.40. The van der Waals surface area contributed by atoms with Gasteiger partial charge < -0.3 is 4.74 Å². The fraction of sp³-hybridized carbons (Fsp3) is 0.462. The Kier molecular flexibility index (Phi) is 6.89. The fourth-order valence-corrected chi connectivity index (χ4v) is 5.16. The van der Waals surface area contributed by atoms with Crippen LogP contribution in [0.5, 0.6) is 0 Å². The van der Waals surface area contributed by atoms with E-state index in [0.29, 0.717) is 18.9 Å². The Bertz CT molecular complexity index is 950. The number of benzene rings is 1. The highest BCUT2D eigenvalue weighted by molar-refractivity contribution is 6.30. The number of carbonyl (C=O) groups is 1. The monoisotopic (exact) mass is 423 g/mol. The average molecular weight is 424 g/mol. The second-order valence-corrected chi connectivity index (χ2v) is 8.89.